The molecule has 0 unspecified atom stereocenters. The Morgan fingerprint density at radius 1 is 1.22 bits per heavy atom. The van der Waals surface area contributed by atoms with Crippen molar-refractivity contribution in [1.82, 2.24) is 9.71 Å². The number of thiophene rings is 1. The number of thiazole rings is 1. The minimum atomic E-state index is -3.66. The van der Waals surface area contributed by atoms with Crippen LogP contribution in [-0.2, 0) is 21.2 Å². The Bertz CT molecular complexity index is 823. The zero-order chi connectivity index (χ0) is 17.0. The molecule has 2 heterocycles. The van der Waals surface area contributed by atoms with Crippen molar-refractivity contribution < 1.29 is 18.0 Å². The van der Waals surface area contributed by atoms with Crippen molar-refractivity contribution in [3.63, 3.8) is 0 Å². The molecule has 0 spiro atoms. The second-order valence-electron chi connectivity index (χ2n) is 4.64. The lowest BCUT2D eigenvalue weighted by Gasteiger charge is -2.03. The molecule has 0 aliphatic rings. The fourth-order valence-electron chi connectivity index (χ4n) is 1.67. The summed E-state index contributed by atoms with van der Waals surface area (Å²) >= 11 is 2.24. The lowest BCUT2D eigenvalue weighted by atomic mass is 10.3. The summed E-state index contributed by atoms with van der Waals surface area (Å²) in [4.78, 5) is 27.6. The molecular weight excluding hydrogens is 358 g/mol. The summed E-state index contributed by atoms with van der Waals surface area (Å²) < 4.78 is 26.8. The first-order valence-corrected chi connectivity index (χ1v) is 9.72. The smallest absolute Gasteiger partial charge is 0.251 e. The lowest BCUT2D eigenvalue weighted by Crippen LogP contribution is -2.25. The average molecular weight is 373 g/mol. The Balaban J connectivity index is 1.94. The van der Waals surface area contributed by atoms with Gasteiger partial charge >= 0.3 is 0 Å². The van der Waals surface area contributed by atoms with E-state index in [1.807, 2.05) is 6.07 Å². The van der Waals surface area contributed by atoms with Gasteiger partial charge < -0.3 is 5.32 Å². The van der Waals surface area contributed by atoms with Gasteiger partial charge in [0.2, 0.25) is 5.91 Å². The summed E-state index contributed by atoms with van der Waals surface area (Å²) in [7, 11) is -3.66. The van der Waals surface area contributed by atoms with Crippen LogP contribution in [0.15, 0.2) is 22.5 Å². The normalized spacial score (nSPS) is 11.4. The van der Waals surface area contributed by atoms with Gasteiger partial charge in [-0.2, -0.15) is 0 Å². The van der Waals surface area contributed by atoms with Gasteiger partial charge in [0.15, 0.2) is 15.1 Å². The number of nitrogens with one attached hydrogen (secondary N) is 2. The Labute approximate surface area is 141 Å². The summed E-state index contributed by atoms with van der Waals surface area (Å²) in [5.41, 5.74) is 0. The van der Waals surface area contributed by atoms with Crippen LogP contribution in [0.3, 0.4) is 0 Å². The monoisotopic (exact) mass is 373 g/mol. The third kappa shape index (κ3) is 4.93. The molecule has 0 aliphatic carbocycles. The Morgan fingerprint density at radius 2 is 1.96 bits per heavy atom. The van der Waals surface area contributed by atoms with Gasteiger partial charge in [0.05, 0.1) is 11.1 Å². The van der Waals surface area contributed by atoms with Crippen LogP contribution in [0.4, 0.5) is 5.13 Å². The highest BCUT2D eigenvalue weighted by atomic mass is 32.2. The van der Waals surface area contributed by atoms with Gasteiger partial charge in [-0.1, -0.05) is 11.3 Å². The number of nitrogens with zero attached hydrogens (tertiary/aromatic N) is 1. The van der Waals surface area contributed by atoms with Crippen LogP contribution < -0.4 is 10.0 Å². The number of hydrogen-bond donors (Lipinski definition) is 2. The number of amides is 1. The van der Waals surface area contributed by atoms with Crippen LogP contribution in [0, 0.1) is 0 Å². The predicted octanol–water partition coefficient (Wildman–Crippen LogP) is 1.89. The number of sulfonamides is 1. The molecule has 0 fully saturated rings. The molecule has 124 valence electrons. The molecule has 0 bridgehead atoms. The van der Waals surface area contributed by atoms with Crippen molar-refractivity contribution in [3.8, 4) is 0 Å². The van der Waals surface area contributed by atoms with Gasteiger partial charge in [-0.25, -0.2) is 18.1 Å². The van der Waals surface area contributed by atoms with Crippen LogP contribution in [-0.4, -0.2) is 31.6 Å². The van der Waals surface area contributed by atoms with E-state index >= 15 is 0 Å². The number of ketones is 1. The second-order valence-corrected chi connectivity index (χ2v) is 8.83. The van der Waals surface area contributed by atoms with Crippen molar-refractivity contribution in [3.05, 3.63) is 28.1 Å². The third-order valence-electron chi connectivity index (χ3n) is 2.70. The van der Waals surface area contributed by atoms with Crippen molar-refractivity contribution >= 4 is 49.5 Å². The first-order valence-electron chi connectivity index (χ1n) is 6.60. The van der Waals surface area contributed by atoms with Gasteiger partial charge in [-0.05, 0) is 25.5 Å². The molecule has 0 aromatic carbocycles. The van der Waals surface area contributed by atoms with Gasteiger partial charge in [-0.15, -0.1) is 11.3 Å². The van der Waals surface area contributed by atoms with Crippen LogP contribution in [0.1, 0.15) is 28.4 Å². The van der Waals surface area contributed by atoms with E-state index in [1.165, 1.54) is 31.4 Å². The number of carbonyl (C=O) groups is 2. The summed E-state index contributed by atoms with van der Waals surface area (Å²) in [5.74, 6) is -0.313. The minimum Gasteiger partial charge on any atom is -0.302 e. The zero-order valence-corrected chi connectivity index (χ0v) is 14.9. The van der Waals surface area contributed by atoms with Crippen LogP contribution >= 0.6 is 22.7 Å². The van der Waals surface area contributed by atoms with E-state index in [-0.39, 0.29) is 27.6 Å². The topological polar surface area (TPSA) is 105 Å². The van der Waals surface area contributed by atoms with E-state index < -0.39 is 10.0 Å². The molecule has 0 aliphatic heterocycles. The van der Waals surface area contributed by atoms with E-state index in [2.05, 4.69) is 15.0 Å². The molecule has 0 saturated carbocycles. The quantitative estimate of drug-likeness (QED) is 0.721. The molecule has 10 heteroatoms. The molecule has 2 rings (SSSR count). The van der Waals surface area contributed by atoms with E-state index in [9.17, 15) is 18.0 Å². The summed E-state index contributed by atoms with van der Waals surface area (Å²) in [6.45, 7) is 3.03. The Hall–Kier alpha value is -1.62. The zero-order valence-electron chi connectivity index (χ0n) is 12.5. The van der Waals surface area contributed by atoms with Crippen molar-refractivity contribution in [2.24, 2.45) is 0 Å². The number of carbonyl (C=O) groups excluding carboxylic acids is 2. The maximum atomic E-state index is 12.1. The molecule has 7 nitrogen and oxygen atoms in total. The van der Waals surface area contributed by atoms with E-state index in [1.54, 1.807) is 6.07 Å². The SMILES string of the molecule is CC(=O)Nc1ncc(S(=O)(=O)NCCc2ccc(C(C)=O)s2)s1. The van der Waals surface area contributed by atoms with Crippen LogP contribution in [0.25, 0.3) is 0 Å². The molecular formula is C13H15N3O4S3. The number of anilines is 1. The number of aromatic nitrogens is 1. The van der Waals surface area contributed by atoms with Gasteiger partial charge in [0.1, 0.15) is 0 Å². The molecule has 23 heavy (non-hydrogen) atoms. The van der Waals surface area contributed by atoms with Gasteiger partial charge in [-0.3, -0.25) is 9.59 Å². The Morgan fingerprint density at radius 3 is 2.57 bits per heavy atom. The van der Waals surface area contributed by atoms with Crippen molar-refractivity contribution in [1.29, 1.82) is 0 Å². The number of hydrogen-bond acceptors (Lipinski definition) is 7. The summed E-state index contributed by atoms with van der Waals surface area (Å²) in [5, 5.41) is 2.68. The third-order valence-corrected chi connectivity index (χ3v) is 6.79. The van der Waals surface area contributed by atoms with Crippen molar-refractivity contribution in [2.75, 3.05) is 11.9 Å². The highest BCUT2D eigenvalue weighted by Crippen LogP contribution is 2.23. The second kappa shape index (κ2) is 7.30. The molecule has 0 radical (unpaired) electrons. The summed E-state index contributed by atoms with van der Waals surface area (Å²) in [6, 6.07) is 3.55. The number of Topliss-reactive ketones (excluding diaryl/α,β-unsaturated/α-hetero) is 1. The van der Waals surface area contributed by atoms with Gasteiger partial charge in [0.25, 0.3) is 10.0 Å². The fraction of sp³-hybridized carbons (Fsp3) is 0.308. The number of rotatable bonds is 7. The maximum Gasteiger partial charge on any atom is 0.251 e. The Kier molecular flexibility index (Phi) is 5.63. The highest BCUT2D eigenvalue weighted by molar-refractivity contribution is 7.91. The lowest BCUT2D eigenvalue weighted by molar-refractivity contribution is -0.114. The average Bonchev–Trinajstić information content (AvgIpc) is 3.07. The van der Waals surface area contributed by atoms with E-state index in [4.69, 9.17) is 0 Å². The molecule has 2 N–H and O–H groups in total. The minimum absolute atomic E-state index is 0.00279. The molecule has 0 saturated heterocycles. The van der Waals surface area contributed by atoms with Crippen molar-refractivity contribution in [2.45, 2.75) is 24.5 Å². The first-order chi connectivity index (χ1) is 10.8. The first kappa shape index (κ1) is 17.7. The molecule has 2 aromatic rings. The highest BCUT2D eigenvalue weighted by Gasteiger charge is 2.18. The predicted molar refractivity (Wildman–Crippen MR) is 89.6 cm³/mol. The van der Waals surface area contributed by atoms with Gasteiger partial charge in [0, 0.05) is 18.3 Å². The standard InChI is InChI=1S/C13H15N3O4S3/c1-8(17)11-4-3-10(21-11)5-6-15-23(19,20)12-7-14-13(22-12)16-9(2)18/h3-4,7,15H,5-6H2,1-2H3,(H,14,16,18). The van der Waals surface area contributed by atoms with E-state index in [0.29, 0.717) is 11.3 Å². The maximum absolute atomic E-state index is 12.1. The van der Waals surface area contributed by atoms with E-state index in [0.717, 1.165) is 16.2 Å². The molecule has 0 atom stereocenters. The summed E-state index contributed by atoms with van der Waals surface area (Å²) in [6.07, 6.45) is 1.70. The van der Waals surface area contributed by atoms with Crippen LogP contribution in [0.2, 0.25) is 0 Å². The largest absolute Gasteiger partial charge is 0.302 e. The van der Waals surface area contributed by atoms with Crippen LogP contribution in [0.5, 0.6) is 0 Å². The fourth-order valence-corrected chi connectivity index (χ4v) is 4.73. The molecule has 2 aromatic heterocycles. The molecule has 1 amide bonds.